The third-order valence-electron chi connectivity index (χ3n) is 2.48. The second kappa shape index (κ2) is 4.73. The van der Waals surface area contributed by atoms with Gasteiger partial charge in [-0.25, -0.2) is 0 Å². The average Bonchev–Trinajstić information content (AvgIpc) is 2.30. The quantitative estimate of drug-likeness (QED) is 0.656. The highest BCUT2D eigenvalue weighted by atomic mass is 16.5. The van der Waals surface area contributed by atoms with E-state index >= 15 is 0 Å². The number of nitrogens with one attached hydrogen (secondary N) is 1. The van der Waals surface area contributed by atoms with Crippen LogP contribution in [-0.4, -0.2) is 25.8 Å². The fraction of sp³-hybridized carbons (Fsp3) is 1.00. The molecule has 1 saturated heterocycles. The molecule has 0 amide bonds. The van der Waals surface area contributed by atoms with Crippen molar-refractivity contribution in [3.8, 4) is 0 Å². The van der Waals surface area contributed by atoms with Crippen molar-refractivity contribution >= 4 is 0 Å². The van der Waals surface area contributed by atoms with E-state index in [2.05, 4.69) is 12.2 Å². The summed E-state index contributed by atoms with van der Waals surface area (Å²) in [6.45, 7) is 3.15. The number of hydrogen-bond donors (Lipinski definition) is 1. The van der Waals surface area contributed by atoms with E-state index in [4.69, 9.17) is 4.74 Å². The van der Waals surface area contributed by atoms with Crippen LogP contribution >= 0.6 is 0 Å². The van der Waals surface area contributed by atoms with Gasteiger partial charge in [0.1, 0.15) is 0 Å². The summed E-state index contributed by atoms with van der Waals surface area (Å²) in [5.74, 6) is 0. The summed E-state index contributed by atoms with van der Waals surface area (Å²) in [4.78, 5) is 0. The van der Waals surface area contributed by atoms with Crippen molar-refractivity contribution < 1.29 is 4.74 Å². The Balaban J connectivity index is 2.30. The van der Waals surface area contributed by atoms with Crippen molar-refractivity contribution in [1.29, 1.82) is 0 Å². The Kier molecular flexibility index (Phi) is 3.87. The van der Waals surface area contributed by atoms with Crippen molar-refractivity contribution in [1.82, 2.24) is 5.32 Å². The summed E-state index contributed by atoms with van der Waals surface area (Å²) in [5, 5.41) is 3.24. The zero-order chi connectivity index (χ0) is 8.10. The molecule has 2 nitrogen and oxygen atoms in total. The summed E-state index contributed by atoms with van der Waals surface area (Å²) in [6, 6.07) is 0.507. The Morgan fingerprint density at radius 2 is 2.18 bits per heavy atom. The molecule has 1 aliphatic rings. The molecular formula is C9H19NO. The molecule has 0 spiro atoms. The second-order valence-corrected chi connectivity index (χ2v) is 3.34. The van der Waals surface area contributed by atoms with Crippen LogP contribution in [0.25, 0.3) is 0 Å². The number of ether oxygens (including phenoxy) is 1. The van der Waals surface area contributed by atoms with Crippen LogP contribution < -0.4 is 5.32 Å². The molecule has 2 heteroatoms. The molecule has 2 atom stereocenters. The summed E-state index contributed by atoms with van der Waals surface area (Å²) in [6.07, 6.45) is 5.58. The molecule has 1 N–H and O–H groups in total. The molecule has 0 aliphatic carbocycles. The van der Waals surface area contributed by atoms with Gasteiger partial charge in [0, 0.05) is 12.6 Å². The summed E-state index contributed by atoms with van der Waals surface area (Å²) < 4.78 is 5.69. The third-order valence-corrected chi connectivity index (χ3v) is 2.48. The highest BCUT2D eigenvalue weighted by Crippen LogP contribution is 2.15. The molecule has 0 radical (unpaired) electrons. The Morgan fingerprint density at radius 3 is 2.91 bits per heavy atom. The number of rotatable bonds is 2. The van der Waals surface area contributed by atoms with Crippen molar-refractivity contribution in [2.75, 3.05) is 13.7 Å². The lowest BCUT2D eigenvalue weighted by Gasteiger charge is -2.21. The summed E-state index contributed by atoms with van der Waals surface area (Å²) >= 11 is 0. The van der Waals surface area contributed by atoms with E-state index < -0.39 is 0 Å². The first-order valence-corrected chi connectivity index (χ1v) is 4.63. The number of hydrogen-bond acceptors (Lipinski definition) is 2. The van der Waals surface area contributed by atoms with Crippen LogP contribution in [0, 0.1) is 0 Å². The molecule has 11 heavy (non-hydrogen) atoms. The lowest BCUT2D eigenvalue weighted by molar-refractivity contribution is 0.0373. The van der Waals surface area contributed by atoms with E-state index in [-0.39, 0.29) is 0 Å². The highest BCUT2D eigenvalue weighted by molar-refractivity contribution is 4.72. The first kappa shape index (κ1) is 9.01. The maximum atomic E-state index is 5.69. The molecule has 0 saturated carbocycles. The van der Waals surface area contributed by atoms with E-state index in [1.54, 1.807) is 0 Å². The lowest BCUT2D eigenvalue weighted by Crippen LogP contribution is -2.36. The topological polar surface area (TPSA) is 21.3 Å². The Hall–Kier alpha value is -0.0800. The molecule has 1 heterocycles. The summed E-state index contributed by atoms with van der Waals surface area (Å²) in [5.41, 5.74) is 0. The average molecular weight is 157 g/mol. The fourth-order valence-corrected chi connectivity index (χ4v) is 1.52. The van der Waals surface area contributed by atoms with Gasteiger partial charge < -0.3 is 10.1 Å². The van der Waals surface area contributed by atoms with Gasteiger partial charge in [0.2, 0.25) is 0 Å². The fourth-order valence-electron chi connectivity index (χ4n) is 1.52. The van der Waals surface area contributed by atoms with Gasteiger partial charge in [0.15, 0.2) is 0 Å². The Bertz CT molecular complexity index is 97.7. The maximum Gasteiger partial charge on any atom is 0.0725 e. The third kappa shape index (κ3) is 2.80. The van der Waals surface area contributed by atoms with E-state index in [0.717, 1.165) is 6.61 Å². The molecule has 0 aromatic heterocycles. The van der Waals surface area contributed by atoms with E-state index in [1.807, 2.05) is 7.05 Å². The lowest BCUT2D eigenvalue weighted by atomic mass is 10.1. The summed E-state index contributed by atoms with van der Waals surface area (Å²) in [7, 11) is 2.00. The first-order valence-electron chi connectivity index (χ1n) is 4.63. The Morgan fingerprint density at radius 1 is 1.36 bits per heavy atom. The van der Waals surface area contributed by atoms with Gasteiger partial charge >= 0.3 is 0 Å². The van der Waals surface area contributed by atoms with Crippen molar-refractivity contribution in [3.63, 3.8) is 0 Å². The molecule has 0 bridgehead atoms. The van der Waals surface area contributed by atoms with Crippen LogP contribution in [0.5, 0.6) is 0 Å². The van der Waals surface area contributed by atoms with Crippen LogP contribution in [0.4, 0.5) is 0 Å². The van der Waals surface area contributed by atoms with Gasteiger partial charge in [-0.2, -0.15) is 0 Å². The molecule has 1 rings (SSSR count). The maximum absolute atomic E-state index is 5.69. The largest absolute Gasteiger partial charge is 0.377 e. The molecule has 0 aromatic rings. The zero-order valence-electron chi connectivity index (χ0n) is 7.60. The molecular weight excluding hydrogens is 138 g/mol. The van der Waals surface area contributed by atoms with Crippen LogP contribution in [0.1, 0.15) is 32.6 Å². The first-order chi connectivity index (χ1) is 5.34. The Labute approximate surface area is 69.3 Å². The molecule has 66 valence electrons. The minimum Gasteiger partial charge on any atom is -0.377 e. The van der Waals surface area contributed by atoms with Gasteiger partial charge in [-0.1, -0.05) is 12.8 Å². The van der Waals surface area contributed by atoms with Crippen LogP contribution in [-0.2, 0) is 4.74 Å². The molecule has 1 fully saturated rings. The number of likely N-dealkylation sites (N-methyl/N-ethyl adjacent to an activating group) is 1. The second-order valence-electron chi connectivity index (χ2n) is 3.34. The van der Waals surface area contributed by atoms with Gasteiger partial charge in [-0.3, -0.25) is 0 Å². The van der Waals surface area contributed by atoms with E-state index in [1.165, 1.54) is 25.7 Å². The highest BCUT2D eigenvalue weighted by Gasteiger charge is 2.17. The monoisotopic (exact) mass is 157 g/mol. The SMILES string of the molecule is CNC(C)C1CCCCCO1. The van der Waals surface area contributed by atoms with E-state index in [9.17, 15) is 0 Å². The molecule has 1 aliphatic heterocycles. The van der Waals surface area contributed by atoms with Crippen molar-refractivity contribution in [3.05, 3.63) is 0 Å². The minimum absolute atomic E-state index is 0.447. The minimum atomic E-state index is 0.447. The van der Waals surface area contributed by atoms with Crippen LogP contribution in [0.2, 0.25) is 0 Å². The van der Waals surface area contributed by atoms with Crippen molar-refractivity contribution in [2.45, 2.75) is 44.8 Å². The predicted molar refractivity (Wildman–Crippen MR) is 46.7 cm³/mol. The van der Waals surface area contributed by atoms with Crippen LogP contribution in [0.15, 0.2) is 0 Å². The molecule has 2 unspecified atom stereocenters. The normalized spacial score (nSPS) is 29.5. The van der Waals surface area contributed by atoms with Gasteiger partial charge in [-0.05, 0) is 26.8 Å². The predicted octanol–water partition coefficient (Wildman–Crippen LogP) is 1.55. The van der Waals surface area contributed by atoms with E-state index in [0.29, 0.717) is 12.1 Å². The smallest absolute Gasteiger partial charge is 0.0725 e. The van der Waals surface area contributed by atoms with Gasteiger partial charge in [0.25, 0.3) is 0 Å². The van der Waals surface area contributed by atoms with Gasteiger partial charge in [-0.15, -0.1) is 0 Å². The van der Waals surface area contributed by atoms with Crippen molar-refractivity contribution in [2.24, 2.45) is 0 Å². The standard InChI is InChI=1S/C9H19NO/c1-8(10-2)9-6-4-3-5-7-11-9/h8-10H,3-7H2,1-2H3. The van der Waals surface area contributed by atoms with Crippen LogP contribution in [0.3, 0.4) is 0 Å². The zero-order valence-corrected chi connectivity index (χ0v) is 7.60. The van der Waals surface area contributed by atoms with Gasteiger partial charge in [0.05, 0.1) is 6.10 Å². The molecule has 0 aromatic carbocycles.